The van der Waals surface area contributed by atoms with Crippen LogP contribution >= 0.6 is 0 Å². The predicted molar refractivity (Wildman–Crippen MR) is 31.7 cm³/mol. The molecule has 2 heteroatoms. The molecule has 2 atom stereocenters. The lowest BCUT2D eigenvalue weighted by molar-refractivity contribution is -0.535. The van der Waals surface area contributed by atoms with Crippen molar-refractivity contribution in [1.82, 2.24) is 0 Å². The summed E-state index contributed by atoms with van der Waals surface area (Å²) in [7, 11) is 0. The molecule has 0 aromatic heterocycles. The van der Waals surface area contributed by atoms with Gasteiger partial charge in [0.1, 0.15) is 6.10 Å². The molecule has 0 bridgehead atoms. The van der Waals surface area contributed by atoms with Crippen LogP contribution in [0, 0.1) is 0 Å². The van der Waals surface area contributed by atoms with Gasteiger partial charge in [0.25, 0.3) is 6.23 Å². The summed E-state index contributed by atoms with van der Waals surface area (Å²) < 4.78 is 5.33. The molecule has 0 radical (unpaired) electrons. The molecule has 0 aromatic rings. The maximum Gasteiger partial charge on any atom is 0.253 e. The summed E-state index contributed by atoms with van der Waals surface area (Å²) in [5, 5.41) is 0. The van der Waals surface area contributed by atoms with Crippen molar-refractivity contribution >= 4 is 5.71 Å². The lowest BCUT2D eigenvalue weighted by atomic mass is 10.3. The average Bonchev–Trinajstić information content (AvgIpc) is 1.85. The molecule has 46 valence electrons. The molecule has 1 rings (SSSR count). The summed E-state index contributed by atoms with van der Waals surface area (Å²) in [6.07, 6.45) is 0.509. The van der Waals surface area contributed by atoms with Crippen molar-refractivity contribution in [1.29, 1.82) is 0 Å². The van der Waals surface area contributed by atoms with Crippen molar-refractivity contribution in [3.8, 4) is 0 Å². The van der Waals surface area contributed by atoms with Gasteiger partial charge in [-0.25, -0.2) is 4.99 Å². The van der Waals surface area contributed by atoms with E-state index in [4.69, 9.17) is 4.74 Å². The molecule has 0 aliphatic carbocycles. The topological polar surface area (TPSA) is 23.2 Å². The van der Waals surface area contributed by atoms with E-state index in [2.05, 4.69) is 4.99 Å². The normalized spacial score (nSPS) is 37.6. The van der Waals surface area contributed by atoms with Crippen molar-refractivity contribution < 1.29 is 9.73 Å². The SMILES string of the molecule is CC1=[NH+][C@H](C)O[C@@H]1C. The molecule has 8 heavy (non-hydrogen) atoms. The van der Waals surface area contributed by atoms with Crippen molar-refractivity contribution in [3.63, 3.8) is 0 Å². The van der Waals surface area contributed by atoms with Gasteiger partial charge in [0.2, 0.25) is 0 Å². The quantitative estimate of drug-likeness (QED) is 0.442. The molecule has 1 heterocycles. The van der Waals surface area contributed by atoms with Gasteiger partial charge in [-0.2, -0.15) is 0 Å². The molecule has 0 spiro atoms. The van der Waals surface area contributed by atoms with E-state index in [9.17, 15) is 0 Å². The Hall–Kier alpha value is -0.370. The van der Waals surface area contributed by atoms with Crippen molar-refractivity contribution in [2.75, 3.05) is 0 Å². The monoisotopic (exact) mass is 114 g/mol. The fourth-order valence-corrected chi connectivity index (χ4v) is 0.880. The molecule has 0 amide bonds. The van der Waals surface area contributed by atoms with E-state index in [0.717, 1.165) is 0 Å². The van der Waals surface area contributed by atoms with Gasteiger partial charge in [-0.15, -0.1) is 0 Å². The molecule has 0 fully saturated rings. The van der Waals surface area contributed by atoms with E-state index in [1.165, 1.54) is 5.71 Å². The fourth-order valence-electron chi connectivity index (χ4n) is 0.880. The zero-order valence-corrected chi connectivity index (χ0v) is 5.56. The maximum absolute atomic E-state index is 5.33. The van der Waals surface area contributed by atoms with Crippen LogP contribution in [0.5, 0.6) is 0 Å². The minimum atomic E-state index is 0.213. The largest absolute Gasteiger partial charge is 0.308 e. The molecule has 2 nitrogen and oxygen atoms in total. The zero-order chi connectivity index (χ0) is 6.15. The lowest BCUT2D eigenvalue weighted by Crippen LogP contribution is -2.75. The van der Waals surface area contributed by atoms with Crippen LogP contribution in [0.4, 0.5) is 0 Å². The number of rotatable bonds is 0. The Labute approximate surface area is 49.6 Å². The van der Waals surface area contributed by atoms with Crippen LogP contribution in [0.1, 0.15) is 20.8 Å². The van der Waals surface area contributed by atoms with Crippen LogP contribution in [0.25, 0.3) is 0 Å². The van der Waals surface area contributed by atoms with Crippen LogP contribution in [0.2, 0.25) is 0 Å². The fraction of sp³-hybridized carbons (Fsp3) is 0.833. The Morgan fingerprint density at radius 3 is 2.25 bits per heavy atom. The Morgan fingerprint density at radius 1 is 1.50 bits per heavy atom. The Bertz CT molecular complexity index is 120. The van der Waals surface area contributed by atoms with E-state index in [0.29, 0.717) is 6.10 Å². The van der Waals surface area contributed by atoms with Crippen LogP contribution in [0.15, 0.2) is 0 Å². The Kier molecular flexibility index (Phi) is 1.34. The second-order valence-corrected chi connectivity index (χ2v) is 2.25. The van der Waals surface area contributed by atoms with Crippen molar-refractivity contribution in [2.24, 2.45) is 0 Å². The molecule has 0 saturated heterocycles. The van der Waals surface area contributed by atoms with Gasteiger partial charge < -0.3 is 4.74 Å². The van der Waals surface area contributed by atoms with E-state index in [-0.39, 0.29) is 6.23 Å². The predicted octanol–water partition coefficient (Wildman–Crippen LogP) is -0.707. The molecule has 1 aliphatic heterocycles. The first kappa shape index (κ1) is 5.76. The van der Waals surface area contributed by atoms with Gasteiger partial charge in [0.05, 0.1) is 0 Å². The molecule has 0 unspecified atom stereocenters. The molecule has 0 saturated carbocycles. The summed E-state index contributed by atoms with van der Waals surface area (Å²) in [6, 6.07) is 0. The van der Waals surface area contributed by atoms with Crippen LogP contribution in [-0.2, 0) is 4.74 Å². The van der Waals surface area contributed by atoms with E-state index in [1.54, 1.807) is 0 Å². The van der Waals surface area contributed by atoms with Gasteiger partial charge in [-0.1, -0.05) is 0 Å². The van der Waals surface area contributed by atoms with Crippen molar-refractivity contribution in [3.05, 3.63) is 0 Å². The third-order valence-electron chi connectivity index (χ3n) is 1.45. The highest BCUT2D eigenvalue weighted by atomic mass is 16.5. The molecular formula is C6H12NO+. The van der Waals surface area contributed by atoms with Crippen molar-refractivity contribution in [2.45, 2.75) is 33.1 Å². The van der Waals surface area contributed by atoms with Gasteiger partial charge in [0.15, 0.2) is 5.71 Å². The average molecular weight is 114 g/mol. The summed E-state index contributed by atoms with van der Waals surface area (Å²) in [5.74, 6) is 0. The van der Waals surface area contributed by atoms with E-state index < -0.39 is 0 Å². The van der Waals surface area contributed by atoms with Gasteiger partial charge in [-0.05, 0) is 6.92 Å². The van der Waals surface area contributed by atoms with Gasteiger partial charge in [-0.3, -0.25) is 0 Å². The maximum atomic E-state index is 5.33. The second-order valence-electron chi connectivity index (χ2n) is 2.25. The number of hydrogen-bond acceptors (Lipinski definition) is 1. The zero-order valence-electron chi connectivity index (χ0n) is 5.56. The molecule has 0 aromatic carbocycles. The summed E-state index contributed by atoms with van der Waals surface area (Å²) in [4.78, 5) is 3.16. The first-order chi connectivity index (χ1) is 3.70. The minimum absolute atomic E-state index is 0.213. The third kappa shape index (κ3) is 0.892. The minimum Gasteiger partial charge on any atom is -0.308 e. The smallest absolute Gasteiger partial charge is 0.253 e. The van der Waals surface area contributed by atoms with Gasteiger partial charge >= 0.3 is 0 Å². The Balaban J connectivity index is 2.59. The first-order valence-corrected chi connectivity index (χ1v) is 2.95. The van der Waals surface area contributed by atoms with Crippen LogP contribution in [0.3, 0.4) is 0 Å². The highest BCUT2D eigenvalue weighted by Gasteiger charge is 2.24. The summed E-state index contributed by atoms with van der Waals surface area (Å²) in [6.45, 7) is 6.10. The highest BCUT2D eigenvalue weighted by molar-refractivity contribution is 5.81. The molecule has 1 aliphatic rings. The molecular weight excluding hydrogens is 102 g/mol. The lowest BCUT2D eigenvalue weighted by Gasteiger charge is -1.96. The number of nitrogens with one attached hydrogen (secondary N) is 1. The number of ether oxygens (including phenoxy) is 1. The number of hydrogen-bond donors (Lipinski definition) is 1. The van der Waals surface area contributed by atoms with Crippen LogP contribution in [-0.4, -0.2) is 18.0 Å². The van der Waals surface area contributed by atoms with E-state index >= 15 is 0 Å². The Morgan fingerprint density at radius 2 is 2.12 bits per heavy atom. The third-order valence-corrected chi connectivity index (χ3v) is 1.45. The first-order valence-electron chi connectivity index (χ1n) is 2.95. The highest BCUT2D eigenvalue weighted by Crippen LogP contribution is 1.95. The standard InChI is InChI=1S/C6H11NO/c1-4-5(2)8-6(3)7-4/h5-6H,1-3H3/p+1/t5-,6+/m1/s1. The van der Waals surface area contributed by atoms with E-state index in [1.807, 2.05) is 20.8 Å². The summed E-state index contributed by atoms with van der Waals surface area (Å²) >= 11 is 0. The van der Waals surface area contributed by atoms with Gasteiger partial charge in [0, 0.05) is 13.8 Å². The van der Waals surface area contributed by atoms with Crippen LogP contribution < -0.4 is 4.99 Å². The molecule has 1 N–H and O–H groups in total. The summed E-state index contributed by atoms with van der Waals surface area (Å²) in [5.41, 5.74) is 1.23. The second kappa shape index (κ2) is 1.86.